The third-order valence-corrected chi connectivity index (χ3v) is 8.53. The molecule has 2 N–H and O–H groups in total. The van der Waals surface area contributed by atoms with Crippen LogP contribution in [-0.2, 0) is 17.6 Å². The van der Waals surface area contributed by atoms with Gasteiger partial charge < -0.3 is 20.1 Å². The Morgan fingerprint density at radius 1 is 0.860 bits per heavy atom. The van der Waals surface area contributed by atoms with Gasteiger partial charge in [-0.2, -0.15) is 0 Å². The van der Waals surface area contributed by atoms with Crippen LogP contribution in [0.25, 0.3) is 10.9 Å². The van der Waals surface area contributed by atoms with Crippen molar-refractivity contribution >= 4 is 16.8 Å². The third-order valence-electron chi connectivity index (χ3n) is 8.53. The Bertz CT molecular complexity index is 1340. The smallest absolute Gasteiger partial charge is 0.223 e. The topological polar surface area (TPSA) is 74.7 Å². The number of nitrogens with one attached hydrogen (secondary N) is 1. The first-order chi connectivity index (χ1) is 21.1. The van der Waals surface area contributed by atoms with Crippen LogP contribution in [0.4, 0.5) is 0 Å². The van der Waals surface area contributed by atoms with E-state index in [0.717, 1.165) is 81.1 Å². The number of carbonyl (C=O) groups excluding carboxylic acids is 1. The number of piperidine rings is 1. The lowest BCUT2D eigenvalue weighted by molar-refractivity contribution is -0.126. The number of likely N-dealkylation sites (tertiary alicyclic amines) is 1. The Morgan fingerprint density at radius 2 is 1.51 bits per heavy atom. The highest BCUT2D eigenvalue weighted by Gasteiger charge is 2.25. The Labute approximate surface area is 256 Å². The van der Waals surface area contributed by atoms with E-state index >= 15 is 0 Å². The van der Waals surface area contributed by atoms with E-state index in [-0.39, 0.29) is 24.5 Å². The molecule has 1 unspecified atom stereocenters. The molecule has 226 valence electrons. The predicted octanol–water partition coefficient (Wildman–Crippen LogP) is 6.22. The van der Waals surface area contributed by atoms with E-state index < -0.39 is 6.10 Å². The van der Waals surface area contributed by atoms with E-state index in [2.05, 4.69) is 63.7 Å². The Hall–Kier alpha value is -3.74. The predicted molar refractivity (Wildman–Crippen MR) is 173 cm³/mol. The van der Waals surface area contributed by atoms with Gasteiger partial charge in [0.05, 0.1) is 5.52 Å². The Morgan fingerprint density at radius 3 is 2.16 bits per heavy atom. The summed E-state index contributed by atoms with van der Waals surface area (Å²) >= 11 is 0. The number of rotatable bonds is 15. The maximum atomic E-state index is 13.5. The van der Waals surface area contributed by atoms with Crippen molar-refractivity contribution in [2.45, 2.75) is 63.5 Å². The van der Waals surface area contributed by atoms with Gasteiger partial charge in [-0.1, -0.05) is 66.7 Å². The van der Waals surface area contributed by atoms with Crippen molar-refractivity contribution in [1.29, 1.82) is 0 Å². The summed E-state index contributed by atoms with van der Waals surface area (Å²) in [5.74, 6) is 0.986. The van der Waals surface area contributed by atoms with Gasteiger partial charge in [0.1, 0.15) is 18.5 Å². The fourth-order valence-electron chi connectivity index (χ4n) is 6.12. The number of β-amino-alcohol motifs (C(OH)–C–C–N with tert-alkyl or cyclic N) is 1. The van der Waals surface area contributed by atoms with Gasteiger partial charge in [-0.3, -0.25) is 9.78 Å². The maximum absolute atomic E-state index is 13.5. The fourth-order valence-corrected chi connectivity index (χ4v) is 6.12. The van der Waals surface area contributed by atoms with Crippen LogP contribution in [-0.4, -0.2) is 59.3 Å². The summed E-state index contributed by atoms with van der Waals surface area (Å²) < 4.78 is 5.97. The molecule has 1 fully saturated rings. The lowest BCUT2D eigenvalue weighted by Gasteiger charge is -2.34. The second-order valence-corrected chi connectivity index (χ2v) is 11.8. The van der Waals surface area contributed by atoms with Crippen molar-refractivity contribution in [1.82, 2.24) is 15.2 Å². The zero-order valence-electron chi connectivity index (χ0n) is 25.1. The molecule has 1 saturated heterocycles. The molecule has 1 atom stereocenters. The number of aliphatic hydroxyl groups is 1. The molecule has 6 nitrogen and oxygen atoms in total. The zero-order chi connectivity index (χ0) is 29.7. The first-order valence-corrected chi connectivity index (χ1v) is 15.9. The van der Waals surface area contributed by atoms with Crippen molar-refractivity contribution in [3.8, 4) is 5.75 Å². The first-order valence-electron chi connectivity index (χ1n) is 15.9. The number of nitrogens with zero attached hydrogens (tertiary/aromatic N) is 2. The molecule has 0 aliphatic carbocycles. The summed E-state index contributed by atoms with van der Waals surface area (Å²) in [5.41, 5.74) is 3.55. The van der Waals surface area contributed by atoms with Gasteiger partial charge in [-0.15, -0.1) is 0 Å². The molecular weight excluding hydrogens is 534 g/mol. The summed E-state index contributed by atoms with van der Waals surface area (Å²) in [6.45, 7) is 2.50. The van der Waals surface area contributed by atoms with E-state index in [4.69, 9.17) is 4.74 Å². The zero-order valence-corrected chi connectivity index (χ0v) is 25.1. The van der Waals surface area contributed by atoms with Crippen LogP contribution < -0.4 is 10.1 Å². The molecular formula is C37H45N3O3. The van der Waals surface area contributed by atoms with Gasteiger partial charge in [0.25, 0.3) is 0 Å². The Kier molecular flexibility index (Phi) is 11.6. The second kappa shape index (κ2) is 16.2. The molecule has 3 aromatic carbocycles. The van der Waals surface area contributed by atoms with E-state index in [1.165, 1.54) is 11.1 Å². The molecule has 0 saturated carbocycles. The number of carbonyl (C=O) groups is 1. The maximum Gasteiger partial charge on any atom is 0.223 e. The lowest BCUT2D eigenvalue weighted by atomic mass is 9.92. The highest BCUT2D eigenvalue weighted by Crippen LogP contribution is 2.24. The number of hydrogen-bond donors (Lipinski definition) is 2. The molecule has 1 aromatic heterocycles. The number of aromatic nitrogens is 1. The second-order valence-electron chi connectivity index (χ2n) is 11.8. The third kappa shape index (κ3) is 9.63. The largest absolute Gasteiger partial charge is 0.490 e. The number of pyridine rings is 1. The minimum atomic E-state index is -0.586. The van der Waals surface area contributed by atoms with Crippen LogP contribution in [0.2, 0.25) is 0 Å². The summed E-state index contributed by atoms with van der Waals surface area (Å²) in [6, 6.07) is 31.0. The van der Waals surface area contributed by atoms with E-state index in [9.17, 15) is 9.90 Å². The highest BCUT2D eigenvalue weighted by molar-refractivity contribution is 5.84. The quantitative estimate of drug-likeness (QED) is 0.175. The summed E-state index contributed by atoms with van der Waals surface area (Å²) in [6.07, 6.45) is 8.84. The average Bonchev–Trinajstić information content (AvgIpc) is 3.05. The van der Waals surface area contributed by atoms with E-state index in [0.29, 0.717) is 6.54 Å². The molecule has 43 heavy (non-hydrogen) atoms. The molecule has 1 aliphatic rings. The van der Waals surface area contributed by atoms with Gasteiger partial charge in [-0.25, -0.2) is 0 Å². The minimum Gasteiger partial charge on any atom is -0.490 e. The van der Waals surface area contributed by atoms with E-state index in [1.54, 1.807) is 6.20 Å². The normalized spacial score (nSPS) is 15.0. The molecule has 5 rings (SSSR count). The standard InChI is InChI=1S/C37H45N3O3/c41-33(28-43-36-21-9-20-35-34(36)19-10-24-38-35)27-40-25-22-32(23-26-40)39-37(42)31(17-7-15-29-11-3-1-4-12-29)18-8-16-30-13-5-2-6-14-30/h1-6,9-14,19-21,24,31-33,41H,7-8,15-18,22-23,25-28H2,(H,39,42). The van der Waals surface area contributed by atoms with Crippen LogP contribution in [0, 0.1) is 5.92 Å². The van der Waals surface area contributed by atoms with Crippen LogP contribution >= 0.6 is 0 Å². The van der Waals surface area contributed by atoms with Gasteiger partial charge in [0.2, 0.25) is 5.91 Å². The van der Waals surface area contributed by atoms with Crippen LogP contribution in [0.1, 0.15) is 49.7 Å². The molecule has 2 heterocycles. The van der Waals surface area contributed by atoms with Crippen molar-refractivity contribution in [2.75, 3.05) is 26.2 Å². The van der Waals surface area contributed by atoms with E-state index in [1.807, 2.05) is 42.5 Å². The van der Waals surface area contributed by atoms with Crippen LogP contribution in [0.5, 0.6) is 5.75 Å². The lowest BCUT2D eigenvalue weighted by Crippen LogP contribution is -2.48. The number of aliphatic hydroxyl groups excluding tert-OH is 1. The average molecular weight is 580 g/mol. The first kappa shape index (κ1) is 30.7. The molecule has 0 bridgehead atoms. The van der Waals surface area contributed by atoms with Crippen molar-refractivity contribution in [2.24, 2.45) is 5.92 Å². The highest BCUT2D eigenvalue weighted by atomic mass is 16.5. The van der Waals surface area contributed by atoms with Crippen molar-refractivity contribution in [3.05, 3.63) is 108 Å². The Balaban J connectivity index is 1.06. The summed E-state index contributed by atoms with van der Waals surface area (Å²) in [5, 5.41) is 15.0. The number of ether oxygens (including phenoxy) is 1. The van der Waals surface area contributed by atoms with Gasteiger partial charge in [-0.05, 0) is 86.8 Å². The number of hydrogen-bond acceptors (Lipinski definition) is 5. The number of fused-ring (bicyclic) bond motifs is 1. The number of aryl methyl sites for hydroxylation is 2. The van der Waals surface area contributed by atoms with Crippen LogP contribution in [0.3, 0.4) is 0 Å². The summed E-state index contributed by atoms with van der Waals surface area (Å²) in [4.78, 5) is 20.1. The molecule has 0 radical (unpaired) electrons. The SMILES string of the molecule is O=C(NC1CCN(CC(O)COc2cccc3ncccc23)CC1)C(CCCc1ccccc1)CCCc1ccccc1. The van der Waals surface area contributed by atoms with Crippen molar-refractivity contribution < 1.29 is 14.6 Å². The molecule has 0 spiro atoms. The fraction of sp³-hybridized carbons (Fsp3) is 0.405. The van der Waals surface area contributed by atoms with Gasteiger partial charge >= 0.3 is 0 Å². The molecule has 6 heteroatoms. The minimum absolute atomic E-state index is 0.0358. The monoisotopic (exact) mass is 579 g/mol. The number of amides is 1. The summed E-state index contributed by atoms with van der Waals surface area (Å²) in [7, 11) is 0. The molecule has 4 aromatic rings. The van der Waals surface area contributed by atoms with Gasteiger partial charge in [0.15, 0.2) is 0 Å². The molecule has 1 amide bonds. The molecule has 1 aliphatic heterocycles. The van der Waals surface area contributed by atoms with Crippen molar-refractivity contribution in [3.63, 3.8) is 0 Å². The van der Waals surface area contributed by atoms with Crippen LogP contribution in [0.15, 0.2) is 97.2 Å². The van der Waals surface area contributed by atoms with Gasteiger partial charge in [0, 0.05) is 43.2 Å². The number of benzene rings is 3.